The van der Waals surface area contributed by atoms with E-state index in [9.17, 15) is 4.79 Å². The smallest absolute Gasteiger partial charge is 0.287 e. The number of rotatable bonds is 5. The van der Waals surface area contributed by atoms with Gasteiger partial charge in [-0.05, 0) is 40.9 Å². The molecule has 2 saturated heterocycles. The summed E-state index contributed by atoms with van der Waals surface area (Å²) in [6.07, 6.45) is 2.27. The molecule has 0 unspecified atom stereocenters. The predicted molar refractivity (Wildman–Crippen MR) is 102 cm³/mol. The molecule has 2 aromatic heterocycles. The first kappa shape index (κ1) is 18.2. The zero-order valence-electron chi connectivity index (χ0n) is 14.9. The molecule has 0 aromatic carbocycles. The summed E-state index contributed by atoms with van der Waals surface area (Å²) in [5.41, 5.74) is 0. The van der Waals surface area contributed by atoms with Crippen molar-refractivity contribution in [2.24, 2.45) is 0 Å². The highest BCUT2D eigenvalue weighted by atomic mass is 79.9. The Morgan fingerprint density at radius 2 is 1.70 bits per heavy atom. The van der Waals surface area contributed by atoms with E-state index in [1.54, 1.807) is 12.1 Å². The molecule has 10 heteroatoms. The molecule has 2 fully saturated rings. The minimum absolute atomic E-state index is 0.206. The third-order valence-electron chi connectivity index (χ3n) is 4.54. The monoisotopic (exact) mass is 436 g/mol. The zero-order valence-corrected chi connectivity index (χ0v) is 16.4. The highest BCUT2D eigenvalue weighted by molar-refractivity contribution is 9.10. The van der Waals surface area contributed by atoms with Crippen molar-refractivity contribution in [1.29, 1.82) is 0 Å². The Labute approximate surface area is 165 Å². The molecule has 2 aliphatic rings. The van der Waals surface area contributed by atoms with Gasteiger partial charge >= 0.3 is 0 Å². The zero-order chi connectivity index (χ0) is 18.6. The summed E-state index contributed by atoms with van der Waals surface area (Å²) in [5, 5.41) is 2.81. The van der Waals surface area contributed by atoms with Crippen molar-refractivity contribution in [2.45, 2.75) is 19.4 Å². The van der Waals surface area contributed by atoms with E-state index >= 15 is 0 Å². The van der Waals surface area contributed by atoms with Gasteiger partial charge in [0.1, 0.15) is 0 Å². The van der Waals surface area contributed by atoms with Gasteiger partial charge in [0.2, 0.25) is 11.9 Å². The van der Waals surface area contributed by atoms with Gasteiger partial charge in [-0.3, -0.25) is 4.79 Å². The molecular weight excluding hydrogens is 416 g/mol. The van der Waals surface area contributed by atoms with E-state index in [-0.39, 0.29) is 18.2 Å². The van der Waals surface area contributed by atoms with Gasteiger partial charge < -0.3 is 24.3 Å². The van der Waals surface area contributed by atoms with Gasteiger partial charge in [0.25, 0.3) is 5.91 Å². The maximum absolute atomic E-state index is 12.2. The number of hydrogen-bond acceptors (Lipinski definition) is 8. The summed E-state index contributed by atoms with van der Waals surface area (Å²) in [7, 11) is 0. The van der Waals surface area contributed by atoms with Crippen LogP contribution in [0.25, 0.3) is 0 Å². The normalized spacial score (nSPS) is 17.4. The van der Waals surface area contributed by atoms with E-state index in [4.69, 9.17) is 9.15 Å². The van der Waals surface area contributed by atoms with Gasteiger partial charge in [0.05, 0.1) is 19.8 Å². The van der Waals surface area contributed by atoms with E-state index in [0.717, 1.165) is 39.0 Å². The van der Waals surface area contributed by atoms with Gasteiger partial charge in [0, 0.05) is 26.2 Å². The Hall–Kier alpha value is -2.20. The number of amides is 1. The third-order valence-corrected chi connectivity index (χ3v) is 4.97. The number of furan rings is 1. The van der Waals surface area contributed by atoms with Crippen molar-refractivity contribution in [3.05, 3.63) is 28.4 Å². The standard InChI is InChI=1S/C17H21BrN6O3/c18-13-4-3-12(27-13)15(25)19-11-14-20-16(23-5-1-2-6-23)22-17(21-14)24-7-9-26-10-8-24/h3-4H,1-2,5-11H2,(H,19,25). The van der Waals surface area contributed by atoms with Crippen LogP contribution in [0.2, 0.25) is 0 Å². The lowest BCUT2D eigenvalue weighted by molar-refractivity contribution is 0.0921. The van der Waals surface area contributed by atoms with Crippen LogP contribution in [0.4, 0.5) is 11.9 Å². The summed E-state index contributed by atoms with van der Waals surface area (Å²) in [4.78, 5) is 30.3. The van der Waals surface area contributed by atoms with Crippen molar-refractivity contribution >= 4 is 33.7 Å². The third kappa shape index (κ3) is 4.38. The predicted octanol–water partition coefficient (Wildman–Crippen LogP) is 1.59. The molecular formula is C17H21BrN6O3. The van der Waals surface area contributed by atoms with Crippen LogP contribution in [0.3, 0.4) is 0 Å². The Morgan fingerprint density at radius 1 is 1.04 bits per heavy atom. The van der Waals surface area contributed by atoms with Gasteiger partial charge in [0.15, 0.2) is 16.3 Å². The van der Waals surface area contributed by atoms with Gasteiger partial charge in [-0.25, -0.2) is 0 Å². The molecule has 2 aromatic rings. The number of morpholine rings is 1. The van der Waals surface area contributed by atoms with Crippen LogP contribution in [-0.4, -0.2) is 60.3 Å². The fourth-order valence-corrected chi connectivity index (χ4v) is 3.43. The number of ether oxygens (including phenoxy) is 1. The van der Waals surface area contributed by atoms with Crippen molar-refractivity contribution in [2.75, 3.05) is 49.2 Å². The number of hydrogen-bond donors (Lipinski definition) is 1. The van der Waals surface area contributed by atoms with Crippen LogP contribution < -0.4 is 15.1 Å². The van der Waals surface area contributed by atoms with Crippen LogP contribution in [0, 0.1) is 0 Å². The molecule has 0 spiro atoms. The molecule has 144 valence electrons. The highest BCUT2D eigenvalue weighted by Crippen LogP contribution is 2.20. The molecule has 2 aliphatic heterocycles. The van der Waals surface area contributed by atoms with E-state index in [1.165, 1.54) is 0 Å². The van der Waals surface area contributed by atoms with E-state index in [1.807, 2.05) is 0 Å². The molecule has 1 N–H and O–H groups in total. The lowest BCUT2D eigenvalue weighted by Crippen LogP contribution is -2.38. The Kier molecular flexibility index (Phi) is 5.53. The van der Waals surface area contributed by atoms with Crippen molar-refractivity contribution in [1.82, 2.24) is 20.3 Å². The molecule has 1 amide bonds. The van der Waals surface area contributed by atoms with Gasteiger partial charge in [-0.15, -0.1) is 0 Å². The number of nitrogens with zero attached hydrogens (tertiary/aromatic N) is 5. The largest absolute Gasteiger partial charge is 0.444 e. The van der Waals surface area contributed by atoms with Crippen LogP contribution in [0.1, 0.15) is 29.2 Å². The number of nitrogens with one attached hydrogen (secondary N) is 1. The number of halogens is 1. The maximum Gasteiger partial charge on any atom is 0.287 e. The lowest BCUT2D eigenvalue weighted by Gasteiger charge is -2.28. The first-order valence-electron chi connectivity index (χ1n) is 9.05. The molecule has 0 radical (unpaired) electrons. The van der Waals surface area contributed by atoms with Crippen molar-refractivity contribution in [3.63, 3.8) is 0 Å². The van der Waals surface area contributed by atoms with Crippen LogP contribution in [-0.2, 0) is 11.3 Å². The molecule has 0 bridgehead atoms. The minimum atomic E-state index is -0.309. The second kappa shape index (κ2) is 8.22. The Morgan fingerprint density at radius 3 is 2.33 bits per heavy atom. The Bertz CT molecular complexity index is 802. The summed E-state index contributed by atoms with van der Waals surface area (Å²) in [6.45, 7) is 4.90. The average Bonchev–Trinajstić information content (AvgIpc) is 3.38. The quantitative estimate of drug-likeness (QED) is 0.754. The van der Waals surface area contributed by atoms with Crippen molar-refractivity contribution in [3.8, 4) is 0 Å². The molecule has 0 aliphatic carbocycles. The lowest BCUT2D eigenvalue weighted by atomic mass is 10.4. The summed E-state index contributed by atoms with van der Waals surface area (Å²) < 4.78 is 11.2. The molecule has 4 heterocycles. The fraction of sp³-hybridized carbons (Fsp3) is 0.529. The van der Waals surface area contributed by atoms with Gasteiger partial charge in [-0.1, -0.05) is 0 Å². The van der Waals surface area contributed by atoms with E-state index in [0.29, 0.717) is 35.6 Å². The number of aromatic nitrogens is 3. The average molecular weight is 437 g/mol. The second-order valence-electron chi connectivity index (χ2n) is 6.43. The fourth-order valence-electron chi connectivity index (χ4n) is 3.12. The SMILES string of the molecule is O=C(NCc1nc(N2CCCC2)nc(N2CCOCC2)n1)c1ccc(Br)o1. The number of anilines is 2. The summed E-state index contributed by atoms with van der Waals surface area (Å²) in [6, 6.07) is 3.29. The maximum atomic E-state index is 12.2. The number of carbonyl (C=O) groups is 1. The molecule has 0 atom stereocenters. The van der Waals surface area contributed by atoms with Crippen LogP contribution in [0.15, 0.2) is 21.2 Å². The van der Waals surface area contributed by atoms with Crippen molar-refractivity contribution < 1.29 is 13.9 Å². The van der Waals surface area contributed by atoms with Gasteiger partial charge in [-0.2, -0.15) is 15.0 Å². The van der Waals surface area contributed by atoms with Crippen LogP contribution in [0.5, 0.6) is 0 Å². The summed E-state index contributed by atoms with van der Waals surface area (Å²) in [5.74, 6) is 1.78. The highest BCUT2D eigenvalue weighted by Gasteiger charge is 2.21. The van der Waals surface area contributed by atoms with Crippen LogP contribution >= 0.6 is 15.9 Å². The number of carbonyl (C=O) groups excluding carboxylic acids is 1. The molecule has 9 nitrogen and oxygen atoms in total. The summed E-state index contributed by atoms with van der Waals surface area (Å²) >= 11 is 3.20. The molecule has 4 rings (SSSR count). The Balaban J connectivity index is 1.52. The molecule has 0 saturated carbocycles. The van der Waals surface area contributed by atoms with E-state index in [2.05, 4.69) is 46.0 Å². The van der Waals surface area contributed by atoms with E-state index < -0.39 is 0 Å². The molecule has 27 heavy (non-hydrogen) atoms. The first-order chi connectivity index (χ1) is 13.2. The topological polar surface area (TPSA) is 96.6 Å². The first-order valence-corrected chi connectivity index (χ1v) is 9.84. The second-order valence-corrected chi connectivity index (χ2v) is 7.21. The minimum Gasteiger partial charge on any atom is -0.444 e.